The van der Waals surface area contributed by atoms with Crippen LogP contribution < -0.4 is 9.47 Å². The smallest absolute Gasteiger partial charge is 0.339 e. The normalized spacial score (nSPS) is 12.2. The molecule has 1 heterocycles. The molecule has 0 amide bonds. The second-order valence-electron chi connectivity index (χ2n) is 4.24. The number of fused-ring (bicyclic) bond motifs is 1. The van der Waals surface area contributed by atoms with E-state index >= 15 is 0 Å². The van der Waals surface area contributed by atoms with E-state index < -0.39 is 0 Å². The van der Waals surface area contributed by atoms with Crippen molar-refractivity contribution in [2.24, 2.45) is 0 Å². The first-order valence-corrected chi connectivity index (χ1v) is 6.83. The number of hydrogen-bond acceptors (Lipinski definition) is 4. The van der Waals surface area contributed by atoms with Crippen molar-refractivity contribution >= 4 is 21.9 Å². The van der Waals surface area contributed by atoms with Crippen molar-refractivity contribution in [3.05, 3.63) is 58.1 Å². The van der Waals surface area contributed by atoms with Gasteiger partial charge in [0.2, 0.25) is 6.79 Å². The number of rotatable bonds is 3. The third-order valence-corrected chi connectivity index (χ3v) is 3.59. The summed E-state index contributed by atoms with van der Waals surface area (Å²) in [5.41, 5.74) is 1.36. The Kier molecular flexibility index (Phi) is 3.60. The third-order valence-electron chi connectivity index (χ3n) is 2.90. The van der Waals surface area contributed by atoms with Gasteiger partial charge in [-0.3, -0.25) is 0 Å². The highest BCUT2D eigenvalue weighted by Crippen LogP contribution is 2.32. The van der Waals surface area contributed by atoms with Gasteiger partial charge >= 0.3 is 5.97 Å². The maximum atomic E-state index is 12.0. The molecule has 0 fully saturated rings. The second-order valence-corrected chi connectivity index (χ2v) is 5.10. The monoisotopic (exact) mass is 334 g/mol. The Bertz CT molecular complexity index is 654. The molecular formula is C15H11BrO4. The van der Waals surface area contributed by atoms with E-state index in [1.807, 2.05) is 24.3 Å². The number of benzene rings is 2. The fourth-order valence-electron chi connectivity index (χ4n) is 1.88. The van der Waals surface area contributed by atoms with Crippen molar-refractivity contribution in [2.45, 2.75) is 6.61 Å². The highest BCUT2D eigenvalue weighted by atomic mass is 79.9. The second kappa shape index (κ2) is 5.54. The molecule has 0 N–H and O–H groups in total. The minimum absolute atomic E-state index is 0.191. The van der Waals surface area contributed by atoms with Gasteiger partial charge in [-0.05, 0) is 45.8 Å². The quantitative estimate of drug-likeness (QED) is 0.805. The molecule has 2 aromatic rings. The first-order valence-electron chi connectivity index (χ1n) is 6.04. The maximum Gasteiger partial charge on any atom is 0.339 e. The van der Waals surface area contributed by atoms with E-state index in [2.05, 4.69) is 15.9 Å². The Hall–Kier alpha value is -2.01. The lowest BCUT2D eigenvalue weighted by atomic mass is 10.2. The van der Waals surface area contributed by atoms with Gasteiger partial charge in [-0.1, -0.05) is 18.2 Å². The first kappa shape index (κ1) is 13.0. The summed E-state index contributed by atoms with van der Waals surface area (Å²) in [5, 5.41) is 0. The average Bonchev–Trinajstić information content (AvgIpc) is 2.92. The van der Waals surface area contributed by atoms with Gasteiger partial charge in [0, 0.05) is 4.47 Å². The minimum Gasteiger partial charge on any atom is -0.457 e. The van der Waals surface area contributed by atoms with Gasteiger partial charge in [0.1, 0.15) is 6.61 Å². The van der Waals surface area contributed by atoms with Crippen LogP contribution in [-0.2, 0) is 11.3 Å². The van der Waals surface area contributed by atoms with Crippen LogP contribution in [0.5, 0.6) is 11.5 Å². The Morgan fingerprint density at radius 2 is 1.95 bits per heavy atom. The molecule has 0 aromatic heterocycles. The van der Waals surface area contributed by atoms with Crippen LogP contribution in [0, 0.1) is 0 Å². The number of halogens is 1. The van der Waals surface area contributed by atoms with Gasteiger partial charge in [-0.15, -0.1) is 0 Å². The Balaban J connectivity index is 1.68. The molecule has 20 heavy (non-hydrogen) atoms. The number of ether oxygens (including phenoxy) is 3. The fourth-order valence-corrected chi connectivity index (χ4v) is 2.33. The lowest BCUT2D eigenvalue weighted by molar-refractivity contribution is 0.0471. The van der Waals surface area contributed by atoms with Crippen LogP contribution in [0.2, 0.25) is 0 Å². The van der Waals surface area contributed by atoms with E-state index in [9.17, 15) is 4.79 Å². The third kappa shape index (κ3) is 2.63. The lowest BCUT2D eigenvalue weighted by Gasteiger charge is -2.07. The van der Waals surface area contributed by atoms with Crippen molar-refractivity contribution in [1.82, 2.24) is 0 Å². The molecular weight excluding hydrogens is 324 g/mol. The molecule has 0 spiro atoms. The Morgan fingerprint density at radius 1 is 1.15 bits per heavy atom. The molecule has 3 rings (SSSR count). The zero-order valence-electron chi connectivity index (χ0n) is 10.5. The summed E-state index contributed by atoms with van der Waals surface area (Å²) in [5.74, 6) is 1.03. The standard InChI is InChI=1S/C15H11BrO4/c16-12-4-2-1-3-11(12)15(17)18-8-10-5-6-13-14(7-10)20-9-19-13/h1-7H,8-9H2. The molecule has 2 aromatic carbocycles. The fraction of sp³-hybridized carbons (Fsp3) is 0.133. The van der Waals surface area contributed by atoms with E-state index in [1.165, 1.54) is 0 Å². The van der Waals surface area contributed by atoms with Crippen molar-refractivity contribution in [2.75, 3.05) is 6.79 Å². The molecule has 5 heteroatoms. The molecule has 0 aliphatic carbocycles. The molecule has 0 saturated carbocycles. The van der Waals surface area contributed by atoms with E-state index in [1.54, 1.807) is 18.2 Å². The Morgan fingerprint density at radius 3 is 2.80 bits per heavy atom. The number of esters is 1. The van der Waals surface area contributed by atoms with Gasteiger partial charge in [-0.2, -0.15) is 0 Å². The van der Waals surface area contributed by atoms with Gasteiger partial charge in [-0.25, -0.2) is 4.79 Å². The van der Waals surface area contributed by atoms with Crippen molar-refractivity contribution < 1.29 is 19.0 Å². The molecule has 0 bridgehead atoms. The maximum absolute atomic E-state index is 12.0. The van der Waals surface area contributed by atoms with Crippen LogP contribution in [0.15, 0.2) is 46.9 Å². The number of carbonyl (C=O) groups is 1. The van der Waals surface area contributed by atoms with Crippen molar-refractivity contribution in [1.29, 1.82) is 0 Å². The summed E-state index contributed by atoms with van der Waals surface area (Å²) in [6.07, 6.45) is 0. The summed E-state index contributed by atoms with van der Waals surface area (Å²) in [7, 11) is 0. The lowest BCUT2D eigenvalue weighted by Crippen LogP contribution is -2.05. The molecule has 1 aliphatic rings. The molecule has 4 nitrogen and oxygen atoms in total. The topological polar surface area (TPSA) is 44.8 Å². The summed E-state index contributed by atoms with van der Waals surface area (Å²) in [6.45, 7) is 0.423. The highest BCUT2D eigenvalue weighted by molar-refractivity contribution is 9.10. The zero-order valence-corrected chi connectivity index (χ0v) is 12.1. The van der Waals surface area contributed by atoms with E-state index in [-0.39, 0.29) is 19.4 Å². The van der Waals surface area contributed by atoms with Crippen LogP contribution in [-0.4, -0.2) is 12.8 Å². The predicted octanol–water partition coefficient (Wildman–Crippen LogP) is 3.53. The van der Waals surface area contributed by atoms with Crippen molar-refractivity contribution in [3.63, 3.8) is 0 Å². The van der Waals surface area contributed by atoms with E-state index in [0.29, 0.717) is 17.1 Å². The largest absolute Gasteiger partial charge is 0.457 e. The zero-order chi connectivity index (χ0) is 13.9. The summed E-state index contributed by atoms with van der Waals surface area (Å²) in [4.78, 5) is 12.0. The minimum atomic E-state index is -0.366. The van der Waals surface area contributed by atoms with Crippen LogP contribution in [0.4, 0.5) is 0 Å². The SMILES string of the molecule is O=C(OCc1ccc2c(c1)OCO2)c1ccccc1Br. The molecule has 0 saturated heterocycles. The Labute approximate surface area is 124 Å². The van der Waals surface area contributed by atoms with Gasteiger partial charge in [0.25, 0.3) is 0 Å². The molecule has 0 atom stereocenters. The number of hydrogen-bond donors (Lipinski definition) is 0. The van der Waals surface area contributed by atoms with Gasteiger partial charge < -0.3 is 14.2 Å². The van der Waals surface area contributed by atoms with Crippen LogP contribution in [0.1, 0.15) is 15.9 Å². The first-order chi connectivity index (χ1) is 9.74. The average molecular weight is 335 g/mol. The predicted molar refractivity (Wildman–Crippen MR) is 75.8 cm³/mol. The molecule has 1 aliphatic heterocycles. The van der Waals surface area contributed by atoms with Crippen molar-refractivity contribution in [3.8, 4) is 11.5 Å². The highest BCUT2D eigenvalue weighted by Gasteiger charge is 2.15. The molecule has 102 valence electrons. The molecule has 0 radical (unpaired) electrons. The van der Waals surface area contributed by atoms with Crippen LogP contribution in [0.3, 0.4) is 0 Å². The molecule has 0 unspecified atom stereocenters. The van der Waals surface area contributed by atoms with E-state index in [4.69, 9.17) is 14.2 Å². The van der Waals surface area contributed by atoms with Crippen LogP contribution >= 0.6 is 15.9 Å². The van der Waals surface area contributed by atoms with Crippen LogP contribution in [0.25, 0.3) is 0 Å². The summed E-state index contributed by atoms with van der Waals surface area (Å²) in [6, 6.07) is 12.6. The van der Waals surface area contributed by atoms with E-state index in [0.717, 1.165) is 10.0 Å². The number of carbonyl (C=O) groups excluding carboxylic acids is 1. The van der Waals surface area contributed by atoms with Gasteiger partial charge in [0.15, 0.2) is 11.5 Å². The van der Waals surface area contributed by atoms with Gasteiger partial charge in [0.05, 0.1) is 5.56 Å². The summed E-state index contributed by atoms with van der Waals surface area (Å²) < 4.78 is 16.5. The summed E-state index contributed by atoms with van der Waals surface area (Å²) >= 11 is 3.33.